The molecule has 152 valence electrons. The number of fused-ring (bicyclic) bond motifs is 1. The number of aromatic hydroxyl groups is 1. The van der Waals surface area contributed by atoms with Crippen LogP contribution in [0.1, 0.15) is 15.9 Å². The van der Waals surface area contributed by atoms with Crippen molar-refractivity contribution in [3.8, 4) is 28.5 Å². The molecule has 4 N–H and O–H groups in total. The number of nitrogens with zero attached hydrogens (tertiary/aromatic N) is 3. The number of imidazole rings is 1. The molecule has 2 heterocycles. The molecule has 0 aliphatic rings. The van der Waals surface area contributed by atoms with Crippen molar-refractivity contribution < 1.29 is 9.90 Å². The number of nitrogens with one attached hydrogen (secondary N) is 1. The van der Waals surface area contributed by atoms with Gasteiger partial charge in [-0.05, 0) is 23.8 Å². The number of H-pyrrole nitrogens is 1. The Morgan fingerprint density at radius 2 is 1.71 bits per heavy atom. The van der Waals surface area contributed by atoms with Gasteiger partial charge in [0.15, 0.2) is 17.3 Å². The predicted octanol–water partition coefficient (Wildman–Crippen LogP) is 3.95. The number of nitrogens with two attached hydrogens (primary N) is 1. The molecule has 0 bridgehead atoms. The molecule has 1 amide bonds. The number of rotatable bonds is 5. The van der Waals surface area contributed by atoms with E-state index < -0.39 is 5.91 Å². The van der Waals surface area contributed by atoms with E-state index in [1.54, 1.807) is 22.9 Å². The molecule has 2 aromatic heterocycles. The van der Waals surface area contributed by atoms with Crippen LogP contribution < -0.4 is 5.73 Å². The van der Waals surface area contributed by atoms with Gasteiger partial charge in [0.25, 0.3) is 0 Å². The van der Waals surface area contributed by atoms with Crippen LogP contribution in [0.15, 0.2) is 78.9 Å². The Bertz CT molecular complexity index is 1390. The first kappa shape index (κ1) is 18.6. The molecule has 0 saturated carbocycles. The van der Waals surface area contributed by atoms with Crippen molar-refractivity contribution in [1.82, 2.24) is 19.7 Å². The third-order valence-corrected chi connectivity index (χ3v) is 5.14. The molecule has 0 atom stereocenters. The van der Waals surface area contributed by atoms with Gasteiger partial charge < -0.3 is 15.8 Å². The second-order valence-corrected chi connectivity index (χ2v) is 7.24. The number of aromatic amines is 1. The third kappa shape index (κ3) is 3.42. The van der Waals surface area contributed by atoms with E-state index in [0.717, 1.165) is 11.1 Å². The number of carbonyl (C=O) groups excluding carboxylic acids is 1. The van der Waals surface area contributed by atoms with Crippen LogP contribution in [0.5, 0.6) is 5.75 Å². The fraction of sp³-hybridized carbons (Fsp3) is 0.0417. The van der Waals surface area contributed by atoms with E-state index in [2.05, 4.69) is 15.1 Å². The maximum atomic E-state index is 11.5. The van der Waals surface area contributed by atoms with Gasteiger partial charge in [0.05, 0.1) is 17.6 Å². The second-order valence-electron chi connectivity index (χ2n) is 7.24. The summed E-state index contributed by atoms with van der Waals surface area (Å²) in [6, 6.07) is 24.5. The van der Waals surface area contributed by atoms with E-state index >= 15 is 0 Å². The van der Waals surface area contributed by atoms with Crippen LogP contribution in [0, 0.1) is 0 Å². The molecule has 0 fully saturated rings. The van der Waals surface area contributed by atoms with Crippen molar-refractivity contribution in [3.05, 3.63) is 90.0 Å². The van der Waals surface area contributed by atoms with E-state index in [9.17, 15) is 9.90 Å². The lowest BCUT2D eigenvalue weighted by atomic mass is 10.1. The van der Waals surface area contributed by atoms with Gasteiger partial charge in [-0.15, -0.1) is 0 Å². The van der Waals surface area contributed by atoms with E-state index in [1.165, 1.54) is 0 Å². The van der Waals surface area contributed by atoms with E-state index in [1.807, 2.05) is 60.7 Å². The topological polar surface area (TPSA) is 110 Å². The molecule has 0 saturated heterocycles. The van der Waals surface area contributed by atoms with E-state index in [0.29, 0.717) is 40.4 Å². The summed E-state index contributed by atoms with van der Waals surface area (Å²) in [4.78, 5) is 19.2. The van der Waals surface area contributed by atoms with Crippen LogP contribution in [0.2, 0.25) is 0 Å². The van der Waals surface area contributed by atoms with Gasteiger partial charge in [0, 0.05) is 11.1 Å². The lowest BCUT2D eigenvalue weighted by Crippen LogP contribution is -2.10. The summed E-state index contributed by atoms with van der Waals surface area (Å²) in [6.07, 6.45) is 0. The Morgan fingerprint density at radius 3 is 2.42 bits per heavy atom. The molecule has 0 aliphatic heterocycles. The Hall–Kier alpha value is -4.39. The van der Waals surface area contributed by atoms with Crippen molar-refractivity contribution in [3.63, 3.8) is 0 Å². The summed E-state index contributed by atoms with van der Waals surface area (Å²) in [5.74, 6) is -0.0613. The Labute approximate surface area is 177 Å². The van der Waals surface area contributed by atoms with Gasteiger partial charge >= 0.3 is 0 Å². The number of amides is 1. The molecule has 0 radical (unpaired) electrons. The molecule has 5 aromatic rings. The van der Waals surface area contributed by atoms with Gasteiger partial charge in [-0.2, -0.15) is 5.10 Å². The number of benzene rings is 3. The minimum atomic E-state index is -0.514. The monoisotopic (exact) mass is 409 g/mol. The van der Waals surface area contributed by atoms with Gasteiger partial charge in [-0.25, -0.2) is 4.98 Å². The number of aromatic nitrogens is 4. The van der Waals surface area contributed by atoms with Crippen LogP contribution in [-0.2, 0) is 6.54 Å². The first-order valence-electron chi connectivity index (χ1n) is 9.79. The fourth-order valence-corrected chi connectivity index (χ4v) is 3.64. The van der Waals surface area contributed by atoms with Crippen LogP contribution in [0.25, 0.3) is 33.8 Å². The zero-order valence-corrected chi connectivity index (χ0v) is 16.5. The molecule has 7 nitrogen and oxygen atoms in total. The molecular formula is C24H19N5O2. The maximum Gasteiger partial charge on any atom is 0.248 e. The summed E-state index contributed by atoms with van der Waals surface area (Å²) >= 11 is 0. The van der Waals surface area contributed by atoms with Crippen molar-refractivity contribution >= 4 is 16.9 Å². The number of carbonyl (C=O) groups is 1. The first-order valence-corrected chi connectivity index (χ1v) is 9.79. The summed E-state index contributed by atoms with van der Waals surface area (Å²) in [5, 5.41) is 15.8. The van der Waals surface area contributed by atoms with Crippen molar-refractivity contribution in [2.24, 2.45) is 5.73 Å². The predicted molar refractivity (Wildman–Crippen MR) is 118 cm³/mol. The molecule has 5 rings (SSSR count). The number of hydrogen-bond donors (Lipinski definition) is 3. The van der Waals surface area contributed by atoms with Gasteiger partial charge in [0.1, 0.15) is 5.69 Å². The zero-order valence-electron chi connectivity index (χ0n) is 16.5. The summed E-state index contributed by atoms with van der Waals surface area (Å²) in [7, 11) is 0. The molecule has 0 spiro atoms. The number of primary amides is 1. The first-order chi connectivity index (χ1) is 15.1. The summed E-state index contributed by atoms with van der Waals surface area (Å²) in [5.41, 5.74) is 9.91. The SMILES string of the molecule is NC(=O)c1ccc2nc(-c3nn(Cc4ccccc4)c(-c4ccccc4)c3O)[nH]c2c1. The van der Waals surface area contributed by atoms with Crippen molar-refractivity contribution in [2.75, 3.05) is 0 Å². The second kappa shape index (κ2) is 7.46. The van der Waals surface area contributed by atoms with Crippen LogP contribution in [0.4, 0.5) is 0 Å². The maximum absolute atomic E-state index is 11.5. The van der Waals surface area contributed by atoms with Crippen LogP contribution in [-0.4, -0.2) is 30.8 Å². The Balaban J connectivity index is 1.65. The number of hydrogen-bond acceptors (Lipinski definition) is 4. The zero-order chi connectivity index (χ0) is 21.4. The van der Waals surface area contributed by atoms with E-state index in [-0.39, 0.29) is 5.75 Å². The van der Waals surface area contributed by atoms with Crippen LogP contribution in [0.3, 0.4) is 0 Å². The average Bonchev–Trinajstić information content (AvgIpc) is 3.35. The lowest BCUT2D eigenvalue weighted by Gasteiger charge is -2.08. The quantitative estimate of drug-likeness (QED) is 0.408. The smallest absolute Gasteiger partial charge is 0.248 e. The van der Waals surface area contributed by atoms with Gasteiger partial charge in [-0.1, -0.05) is 60.7 Å². The highest BCUT2D eigenvalue weighted by Crippen LogP contribution is 2.37. The highest BCUT2D eigenvalue weighted by molar-refractivity contribution is 5.96. The van der Waals surface area contributed by atoms with Crippen LogP contribution >= 0.6 is 0 Å². The third-order valence-electron chi connectivity index (χ3n) is 5.14. The highest BCUT2D eigenvalue weighted by Gasteiger charge is 2.22. The molecule has 3 aromatic carbocycles. The Kier molecular flexibility index (Phi) is 4.48. The van der Waals surface area contributed by atoms with E-state index in [4.69, 9.17) is 5.73 Å². The largest absolute Gasteiger partial charge is 0.504 e. The minimum absolute atomic E-state index is 0.0383. The standard InChI is InChI=1S/C24H19N5O2/c25-23(31)17-11-12-18-19(13-17)27-24(26-18)20-22(30)21(16-9-5-2-6-10-16)29(28-20)14-15-7-3-1-4-8-15/h1-13,30H,14H2,(H2,25,31)(H,26,27). The molecule has 31 heavy (non-hydrogen) atoms. The normalized spacial score (nSPS) is 11.1. The van der Waals surface area contributed by atoms with Crippen molar-refractivity contribution in [2.45, 2.75) is 6.54 Å². The lowest BCUT2D eigenvalue weighted by molar-refractivity contribution is 0.100. The molecule has 0 aliphatic carbocycles. The van der Waals surface area contributed by atoms with Gasteiger partial charge in [0.2, 0.25) is 5.91 Å². The summed E-state index contributed by atoms with van der Waals surface area (Å²) < 4.78 is 1.78. The average molecular weight is 409 g/mol. The highest BCUT2D eigenvalue weighted by atomic mass is 16.3. The Morgan fingerprint density at radius 1 is 1.00 bits per heavy atom. The van der Waals surface area contributed by atoms with Crippen molar-refractivity contribution in [1.29, 1.82) is 0 Å². The molecular weight excluding hydrogens is 390 g/mol. The molecule has 0 unspecified atom stereocenters. The summed E-state index contributed by atoms with van der Waals surface area (Å²) in [6.45, 7) is 0.491. The molecule has 7 heteroatoms. The van der Waals surface area contributed by atoms with Gasteiger partial charge in [-0.3, -0.25) is 9.48 Å². The fourth-order valence-electron chi connectivity index (χ4n) is 3.64. The minimum Gasteiger partial charge on any atom is -0.504 e.